The van der Waals surface area contributed by atoms with Crippen molar-refractivity contribution in [3.8, 4) is 5.75 Å². The molecule has 0 saturated carbocycles. The Kier molecular flexibility index (Phi) is 7.24. The second-order valence-electron chi connectivity index (χ2n) is 7.51. The number of amides is 1. The summed E-state index contributed by atoms with van der Waals surface area (Å²) in [6, 6.07) is 15.8. The van der Waals surface area contributed by atoms with E-state index in [1.807, 2.05) is 18.2 Å². The molecular weight excluding hydrogens is 456 g/mol. The summed E-state index contributed by atoms with van der Waals surface area (Å²) >= 11 is 5.92. The minimum atomic E-state index is -0.338. The van der Waals surface area contributed by atoms with E-state index in [0.29, 0.717) is 30.4 Å². The molecule has 9 nitrogen and oxygen atoms in total. The Labute approximate surface area is 200 Å². The Morgan fingerprint density at radius 1 is 1.12 bits per heavy atom. The van der Waals surface area contributed by atoms with Crippen molar-refractivity contribution in [3.05, 3.63) is 105 Å². The molecule has 0 unspecified atom stereocenters. The summed E-state index contributed by atoms with van der Waals surface area (Å²) < 4.78 is 8.74. The second-order valence-corrected chi connectivity index (χ2v) is 7.95. The van der Waals surface area contributed by atoms with E-state index in [4.69, 9.17) is 22.1 Å². The van der Waals surface area contributed by atoms with Crippen LogP contribution in [0.1, 0.15) is 21.6 Å². The Balaban J connectivity index is 1.30. The number of nitrogens with two attached hydrogens (primary N) is 1. The first kappa shape index (κ1) is 23.1. The Bertz CT molecular complexity index is 1330. The molecule has 0 spiro atoms. The van der Waals surface area contributed by atoms with Crippen molar-refractivity contribution in [1.82, 2.24) is 24.6 Å². The molecule has 3 heterocycles. The number of nitrogens with zero attached hydrogens (tertiary/aromatic N) is 4. The zero-order valence-electron chi connectivity index (χ0n) is 18.2. The molecule has 0 atom stereocenters. The number of ether oxygens (including phenoxy) is 1. The molecule has 4 aromatic rings. The maximum atomic E-state index is 12.5. The first-order chi connectivity index (χ1) is 16.5. The molecule has 0 aliphatic heterocycles. The lowest BCUT2D eigenvalue weighted by Gasteiger charge is -2.07. The maximum Gasteiger partial charge on any atom is 0.256 e. The minimum Gasteiger partial charge on any atom is -0.492 e. The molecule has 0 bridgehead atoms. The van der Waals surface area contributed by atoms with Crippen LogP contribution in [0.25, 0.3) is 0 Å². The zero-order valence-corrected chi connectivity index (χ0v) is 19.0. The number of nitrogens with one attached hydrogen (secondary N) is 1. The quantitative estimate of drug-likeness (QED) is 0.357. The number of carbonyl (C=O) groups is 1. The molecule has 1 aromatic carbocycles. The third kappa shape index (κ3) is 6.02. The maximum absolute atomic E-state index is 12.5. The predicted molar refractivity (Wildman–Crippen MR) is 129 cm³/mol. The van der Waals surface area contributed by atoms with E-state index in [0.717, 1.165) is 11.3 Å². The van der Waals surface area contributed by atoms with Crippen LogP contribution in [-0.4, -0.2) is 38.4 Å². The highest BCUT2D eigenvalue weighted by atomic mass is 35.5. The van der Waals surface area contributed by atoms with Crippen LogP contribution in [0.4, 0.5) is 5.82 Å². The zero-order chi connectivity index (χ0) is 23.9. The van der Waals surface area contributed by atoms with Crippen LogP contribution in [-0.2, 0) is 13.1 Å². The number of hydrogen-bond acceptors (Lipinski definition) is 6. The molecule has 10 heteroatoms. The number of benzene rings is 1. The number of hydrogen-bond donors (Lipinski definition) is 2. The topological polar surface area (TPSA) is 117 Å². The fraction of sp³-hybridized carbons (Fsp3) is 0.167. The molecule has 174 valence electrons. The molecule has 0 aliphatic rings. The highest BCUT2D eigenvalue weighted by Gasteiger charge is 2.14. The van der Waals surface area contributed by atoms with E-state index in [1.54, 1.807) is 58.2 Å². The van der Waals surface area contributed by atoms with Crippen LogP contribution in [0.5, 0.6) is 5.75 Å². The van der Waals surface area contributed by atoms with Gasteiger partial charge in [0.2, 0.25) is 0 Å². The second kappa shape index (κ2) is 10.7. The van der Waals surface area contributed by atoms with Crippen molar-refractivity contribution in [1.29, 1.82) is 0 Å². The molecule has 0 fully saturated rings. The van der Waals surface area contributed by atoms with E-state index in [9.17, 15) is 9.59 Å². The van der Waals surface area contributed by atoms with Gasteiger partial charge in [0.1, 0.15) is 17.9 Å². The Hall–Kier alpha value is -4.11. The average Bonchev–Trinajstić information content (AvgIpc) is 3.19. The van der Waals surface area contributed by atoms with Gasteiger partial charge in [0.05, 0.1) is 25.3 Å². The fourth-order valence-electron chi connectivity index (χ4n) is 3.27. The molecule has 0 saturated heterocycles. The van der Waals surface area contributed by atoms with Gasteiger partial charge in [0, 0.05) is 29.7 Å². The number of pyridine rings is 2. The monoisotopic (exact) mass is 478 g/mol. The van der Waals surface area contributed by atoms with Gasteiger partial charge in [0.25, 0.3) is 11.5 Å². The number of rotatable bonds is 9. The lowest BCUT2D eigenvalue weighted by molar-refractivity contribution is 0.0947. The molecule has 34 heavy (non-hydrogen) atoms. The molecule has 0 aliphatic carbocycles. The van der Waals surface area contributed by atoms with Crippen LogP contribution in [0.3, 0.4) is 0 Å². The predicted octanol–water partition coefficient (Wildman–Crippen LogP) is 2.58. The van der Waals surface area contributed by atoms with Gasteiger partial charge in [-0.05, 0) is 35.9 Å². The van der Waals surface area contributed by atoms with Gasteiger partial charge in [-0.25, -0.2) is 0 Å². The summed E-state index contributed by atoms with van der Waals surface area (Å²) in [6.07, 6.45) is 5.04. The normalized spacial score (nSPS) is 10.7. The van der Waals surface area contributed by atoms with Crippen molar-refractivity contribution >= 4 is 23.3 Å². The fourth-order valence-corrected chi connectivity index (χ4v) is 3.45. The van der Waals surface area contributed by atoms with Crippen molar-refractivity contribution in [2.45, 2.75) is 13.1 Å². The SMILES string of the molecule is Nc1nn(Cc2ccc(Cn3ccccc3=O)cn2)cc1C(=O)NCCOc1cccc(Cl)c1. The van der Waals surface area contributed by atoms with Crippen LogP contribution in [0, 0.1) is 0 Å². The van der Waals surface area contributed by atoms with Gasteiger partial charge in [-0.1, -0.05) is 29.8 Å². The summed E-state index contributed by atoms with van der Waals surface area (Å²) in [7, 11) is 0. The summed E-state index contributed by atoms with van der Waals surface area (Å²) in [5, 5.41) is 7.56. The van der Waals surface area contributed by atoms with E-state index < -0.39 is 0 Å². The molecule has 3 aromatic heterocycles. The lowest BCUT2D eigenvalue weighted by atomic mass is 10.2. The van der Waals surface area contributed by atoms with Gasteiger partial charge in [0.15, 0.2) is 5.82 Å². The Morgan fingerprint density at radius 3 is 2.76 bits per heavy atom. The summed E-state index contributed by atoms with van der Waals surface area (Å²) in [4.78, 5) is 28.8. The standard InChI is InChI=1S/C24H23ClN6O3/c25-18-4-3-5-20(12-18)34-11-9-27-24(33)21-16-31(29-23(21)26)15-19-8-7-17(13-28-19)14-30-10-2-1-6-22(30)32/h1-8,10,12-13,16H,9,11,14-15H2,(H2,26,29)(H,27,33). The minimum absolute atomic E-state index is 0.0691. The van der Waals surface area contributed by atoms with Gasteiger partial charge in [-0.2, -0.15) is 5.10 Å². The van der Waals surface area contributed by atoms with E-state index in [-0.39, 0.29) is 29.5 Å². The first-order valence-electron chi connectivity index (χ1n) is 10.6. The van der Waals surface area contributed by atoms with Crippen molar-refractivity contribution < 1.29 is 9.53 Å². The largest absolute Gasteiger partial charge is 0.492 e. The van der Waals surface area contributed by atoms with Crippen LogP contribution in [0.15, 0.2) is 78.0 Å². The van der Waals surface area contributed by atoms with Gasteiger partial charge in [-0.3, -0.25) is 19.3 Å². The molecule has 3 N–H and O–H groups in total. The van der Waals surface area contributed by atoms with Crippen LogP contribution < -0.4 is 21.3 Å². The number of aromatic nitrogens is 4. The third-order valence-electron chi connectivity index (χ3n) is 4.95. The van der Waals surface area contributed by atoms with Crippen molar-refractivity contribution in [2.75, 3.05) is 18.9 Å². The molecule has 4 rings (SSSR count). The third-order valence-corrected chi connectivity index (χ3v) is 5.18. The highest BCUT2D eigenvalue weighted by Crippen LogP contribution is 2.17. The van der Waals surface area contributed by atoms with E-state index in [2.05, 4.69) is 15.4 Å². The number of nitrogen functional groups attached to an aromatic ring is 1. The van der Waals surface area contributed by atoms with Crippen molar-refractivity contribution in [2.24, 2.45) is 0 Å². The number of anilines is 1. The van der Waals surface area contributed by atoms with Gasteiger partial charge < -0.3 is 20.4 Å². The molecule has 0 radical (unpaired) electrons. The summed E-state index contributed by atoms with van der Waals surface area (Å²) in [6.45, 7) is 1.36. The number of carbonyl (C=O) groups excluding carboxylic acids is 1. The van der Waals surface area contributed by atoms with Gasteiger partial charge >= 0.3 is 0 Å². The summed E-state index contributed by atoms with van der Waals surface area (Å²) in [5.74, 6) is 0.423. The molecular formula is C24H23ClN6O3. The first-order valence-corrected chi connectivity index (χ1v) is 10.9. The average molecular weight is 479 g/mol. The van der Waals surface area contributed by atoms with Gasteiger partial charge in [-0.15, -0.1) is 0 Å². The molecule has 1 amide bonds. The van der Waals surface area contributed by atoms with Crippen molar-refractivity contribution in [3.63, 3.8) is 0 Å². The Morgan fingerprint density at radius 2 is 2.00 bits per heavy atom. The summed E-state index contributed by atoms with van der Waals surface area (Å²) in [5.41, 5.74) is 7.80. The van der Waals surface area contributed by atoms with Crippen LogP contribution in [0.2, 0.25) is 5.02 Å². The van der Waals surface area contributed by atoms with E-state index >= 15 is 0 Å². The smallest absolute Gasteiger partial charge is 0.256 e. The van der Waals surface area contributed by atoms with E-state index in [1.165, 1.54) is 6.07 Å². The number of halogens is 1. The lowest BCUT2D eigenvalue weighted by Crippen LogP contribution is -2.28. The van der Waals surface area contributed by atoms with Crippen LogP contribution >= 0.6 is 11.6 Å². The highest BCUT2D eigenvalue weighted by molar-refractivity contribution is 6.30.